The quantitative estimate of drug-likeness (QED) is 0.600. The van der Waals surface area contributed by atoms with E-state index in [9.17, 15) is 14.4 Å². The summed E-state index contributed by atoms with van der Waals surface area (Å²) < 4.78 is 0. The fourth-order valence-corrected chi connectivity index (χ4v) is 5.51. The lowest BCUT2D eigenvalue weighted by Crippen LogP contribution is -2.51. The summed E-state index contributed by atoms with van der Waals surface area (Å²) in [5.74, 6) is -0.240. The highest BCUT2D eigenvalue weighted by Crippen LogP contribution is 2.36. The number of benzene rings is 3. The first-order valence-corrected chi connectivity index (χ1v) is 11.6. The number of hydrogen-bond acceptors (Lipinski definition) is 4. The first kappa shape index (κ1) is 20.5. The van der Waals surface area contributed by atoms with Crippen molar-refractivity contribution < 1.29 is 14.4 Å². The summed E-state index contributed by atoms with van der Waals surface area (Å²) in [7, 11) is 0. The van der Waals surface area contributed by atoms with Crippen LogP contribution in [-0.4, -0.2) is 34.4 Å². The van der Waals surface area contributed by atoms with Gasteiger partial charge in [0.05, 0.1) is 17.2 Å². The number of hydrogen-bond donors (Lipinski definition) is 1. The van der Waals surface area contributed by atoms with Gasteiger partial charge in [-0.2, -0.15) is 0 Å². The lowest BCUT2D eigenvalue weighted by Gasteiger charge is -2.30. The van der Waals surface area contributed by atoms with Crippen LogP contribution in [0.2, 0.25) is 0 Å². The SMILES string of the molecule is O=C(NC1CCSc2ccccc21)C(Cc1ccccc1)N1C(=O)c2ccccc2C1=O. The van der Waals surface area contributed by atoms with E-state index in [0.29, 0.717) is 11.1 Å². The van der Waals surface area contributed by atoms with E-state index in [4.69, 9.17) is 0 Å². The zero-order valence-electron chi connectivity index (χ0n) is 17.4. The van der Waals surface area contributed by atoms with Crippen LogP contribution in [0.1, 0.15) is 44.3 Å². The molecule has 2 atom stereocenters. The summed E-state index contributed by atoms with van der Waals surface area (Å²) in [5, 5.41) is 3.14. The van der Waals surface area contributed by atoms with Crippen LogP contribution in [0.15, 0.2) is 83.8 Å². The van der Waals surface area contributed by atoms with E-state index >= 15 is 0 Å². The lowest BCUT2D eigenvalue weighted by molar-refractivity contribution is -0.125. The molecule has 0 aromatic heterocycles. The minimum absolute atomic E-state index is 0.145. The predicted octanol–water partition coefficient (Wildman–Crippen LogP) is 4.25. The number of nitrogens with one attached hydrogen (secondary N) is 1. The number of fused-ring (bicyclic) bond motifs is 2. The van der Waals surface area contributed by atoms with Crippen LogP contribution < -0.4 is 5.32 Å². The Bertz CT molecular complexity index is 1160. The summed E-state index contributed by atoms with van der Waals surface area (Å²) in [4.78, 5) is 42.2. The summed E-state index contributed by atoms with van der Waals surface area (Å²) in [6.45, 7) is 0. The molecule has 0 saturated heterocycles. The molecule has 6 heteroatoms. The van der Waals surface area contributed by atoms with Crippen LogP contribution in [0.4, 0.5) is 0 Å². The highest BCUT2D eigenvalue weighted by molar-refractivity contribution is 7.99. The molecule has 5 rings (SSSR count). The molecule has 3 amide bonds. The third-order valence-electron chi connectivity index (χ3n) is 5.99. The van der Waals surface area contributed by atoms with Gasteiger partial charge in [-0.25, -0.2) is 0 Å². The number of thioether (sulfide) groups is 1. The van der Waals surface area contributed by atoms with Gasteiger partial charge in [0.15, 0.2) is 0 Å². The smallest absolute Gasteiger partial charge is 0.262 e. The molecule has 0 aliphatic carbocycles. The Balaban J connectivity index is 1.47. The zero-order valence-corrected chi connectivity index (χ0v) is 18.2. The van der Waals surface area contributed by atoms with Gasteiger partial charge in [0.25, 0.3) is 11.8 Å². The molecule has 0 spiro atoms. The van der Waals surface area contributed by atoms with E-state index in [2.05, 4.69) is 11.4 Å². The maximum absolute atomic E-state index is 13.6. The molecule has 3 aromatic rings. The van der Waals surface area contributed by atoms with Gasteiger partial charge >= 0.3 is 0 Å². The van der Waals surface area contributed by atoms with Crippen LogP contribution in [0.3, 0.4) is 0 Å². The Morgan fingerprint density at radius 1 is 0.906 bits per heavy atom. The maximum atomic E-state index is 13.6. The molecule has 0 bridgehead atoms. The third kappa shape index (κ3) is 3.71. The van der Waals surface area contributed by atoms with Gasteiger partial charge in [0, 0.05) is 17.1 Å². The number of carbonyl (C=O) groups excluding carboxylic acids is 3. The number of nitrogens with zero attached hydrogens (tertiary/aromatic N) is 1. The molecule has 32 heavy (non-hydrogen) atoms. The van der Waals surface area contributed by atoms with Gasteiger partial charge in [-0.1, -0.05) is 60.7 Å². The van der Waals surface area contributed by atoms with E-state index in [0.717, 1.165) is 33.1 Å². The molecule has 160 valence electrons. The first-order chi connectivity index (χ1) is 15.6. The van der Waals surface area contributed by atoms with Crippen molar-refractivity contribution in [2.24, 2.45) is 0 Å². The van der Waals surface area contributed by atoms with E-state index < -0.39 is 17.9 Å². The number of imide groups is 1. The highest BCUT2D eigenvalue weighted by atomic mass is 32.2. The molecule has 2 heterocycles. The fourth-order valence-electron chi connectivity index (χ4n) is 4.39. The van der Waals surface area contributed by atoms with E-state index in [1.807, 2.05) is 48.5 Å². The lowest BCUT2D eigenvalue weighted by atomic mass is 10.0. The molecule has 1 N–H and O–H groups in total. The van der Waals surface area contributed by atoms with Crippen molar-refractivity contribution in [2.75, 3.05) is 5.75 Å². The average molecular weight is 443 g/mol. The van der Waals surface area contributed by atoms with Crippen molar-refractivity contribution in [1.29, 1.82) is 0 Å². The summed E-state index contributed by atoms with van der Waals surface area (Å²) in [6.07, 6.45) is 1.06. The number of amides is 3. The zero-order chi connectivity index (χ0) is 22.1. The first-order valence-electron chi connectivity index (χ1n) is 10.7. The van der Waals surface area contributed by atoms with Crippen LogP contribution in [0, 0.1) is 0 Å². The van der Waals surface area contributed by atoms with Crippen LogP contribution in [-0.2, 0) is 11.2 Å². The summed E-state index contributed by atoms with van der Waals surface area (Å²) in [6, 6.07) is 23.2. The Labute approximate surface area is 190 Å². The monoisotopic (exact) mass is 442 g/mol. The van der Waals surface area contributed by atoms with E-state index in [1.54, 1.807) is 36.0 Å². The molecule has 0 saturated carbocycles. The van der Waals surface area contributed by atoms with Crippen molar-refractivity contribution in [3.8, 4) is 0 Å². The van der Waals surface area contributed by atoms with Gasteiger partial charge in [-0.05, 0) is 35.7 Å². The van der Waals surface area contributed by atoms with Crippen LogP contribution in [0.25, 0.3) is 0 Å². The Hall–Kier alpha value is -3.38. The second kappa shape index (κ2) is 8.63. The second-order valence-corrected chi connectivity index (χ2v) is 9.10. The molecule has 5 nitrogen and oxygen atoms in total. The van der Waals surface area contributed by atoms with Crippen molar-refractivity contribution in [2.45, 2.75) is 29.8 Å². The topological polar surface area (TPSA) is 66.5 Å². The molecule has 0 radical (unpaired) electrons. The van der Waals surface area contributed by atoms with Crippen molar-refractivity contribution in [3.63, 3.8) is 0 Å². The molecule has 2 unspecified atom stereocenters. The standard InChI is InChI=1S/C26H22N2O3S/c29-24(27-21-14-15-32-23-13-7-6-12-20(21)23)22(16-17-8-2-1-3-9-17)28-25(30)18-10-4-5-11-19(18)26(28)31/h1-13,21-22H,14-16H2,(H,27,29). The summed E-state index contributed by atoms with van der Waals surface area (Å²) >= 11 is 1.78. The average Bonchev–Trinajstić information content (AvgIpc) is 3.08. The molecule has 2 aliphatic heterocycles. The highest BCUT2D eigenvalue weighted by Gasteiger charge is 2.43. The van der Waals surface area contributed by atoms with Gasteiger partial charge in [-0.3, -0.25) is 19.3 Å². The minimum atomic E-state index is -0.924. The molecule has 0 fully saturated rings. The van der Waals surface area contributed by atoms with E-state index in [1.165, 1.54) is 0 Å². The molecule has 2 aliphatic rings. The van der Waals surface area contributed by atoms with Crippen molar-refractivity contribution in [3.05, 3.63) is 101 Å². The van der Waals surface area contributed by atoms with Gasteiger partial charge in [-0.15, -0.1) is 11.8 Å². The van der Waals surface area contributed by atoms with Gasteiger partial charge < -0.3 is 5.32 Å². The van der Waals surface area contributed by atoms with E-state index in [-0.39, 0.29) is 18.4 Å². The largest absolute Gasteiger partial charge is 0.347 e. The summed E-state index contributed by atoms with van der Waals surface area (Å²) in [5.41, 5.74) is 2.67. The molecule has 3 aromatic carbocycles. The predicted molar refractivity (Wildman–Crippen MR) is 124 cm³/mol. The Morgan fingerprint density at radius 2 is 1.53 bits per heavy atom. The minimum Gasteiger partial charge on any atom is -0.347 e. The van der Waals surface area contributed by atoms with Gasteiger partial charge in [0.2, 0.25) is 5.91 Å². The Kier molecular flexibility index (Phi) is 5.53. The number of rotatable bonds is 5. The van der Waals surface area contributed by atoms with Crippen LogP contribution >= 0.6 is 11.8 Å². The van der Waals surface area contributed by atoms with Crippen molar-refractivity contribution in [1.82, 2.24) is 10.2 Å². The Morgan fingerprint density at radius 3 is 2.25 bits per heavy atom. The second-order valence-electron chi connectivity index (χ2n) is 7.97. The third-order valence-corrected chi connectivity index (χ3v) is 7.11. The van der Waals surface area contributed by atoms with Gasteiger partial charge in [0.1, 0.15) is 6.04 Å². The van der Waals surface area contributed by atoms with Crippen LogP contribution in [0.5, 0.6) is 0 Å². The normalized spacial score (nSPS) is 18.1. The van der Waals surface area contributed by atoms with Crippen molar-refractivity contribution >= 4 is 29.5 Å². The maximum Gasteiger partial charge on any atom is 0.262 e. The fraction of sp³-hybridized carbons (Fsp3) is 0.192. The molecular formula is C26H22N2O3S. The molecular weight excluding hydrogens is 420 g/mol. The number of carbonyl (C=O) groups is 3.